The second-order valence-corrected chi connectivity index (χ2v) is 14.1. The van der Waals surface area contributed by atoms with Crippen molar-refractivity contribution in [3.63, 3.8) is 0 Å². The largest absolute Gasteiger partial charge is 0.461 e. The van der Waals surface area contributed by atoms with Crippen molar-refractivity contribution in [2.24, 2.45) is 0 Å². The monoisotopic (exact) mass is 646 g/mol. The summed E-state index contributed by atoms with van der Waals surface area (Å²) in [5.41, 5.74) is 6.09. The smallest absolute Gasteiger partial charge is 0.319 e. The molecule has 4 saturated heterocycles. The van der Waals surface area contributed by atoms with Crippen LogP contribution in [0.15, 0.2) is 18.2 Å². The van der Waals surface area contributed by atoms with Crippen LogP contribution in [-0.2, 0) is 0 Å². The Bertz CT molecular complexity index is 1980. The molecule has 4 aliphatic heterocycles. The van der Waals surface area contributed by atoms with Crippen LogP contribution in [0.3, 0.4) is 0 Å². The molecular formula is C32H29ClF2N8OS. The minimum Gasteiger partial charge on any atom is -0.461 e. The maximum Gasteiger partial charge on any atom is 0.319 e. The number of halogens is 3. The number of nitrogen functional groups attached to an aromatic ring is 1. The van der Waals surface area contributed by atoms with Gasteiger partial charge in [-0.2, -0.15) is 20.5 Å². The van der Waals surface area contributed by atoms with Gasteiger partial charge in [0.1, 0.15) is 34.8 Å². The van der Waals surface area contributed by atoms with E-state index >= 15 is 4.39 Å². The maximum atomic E-state index is 16.9. The first-order chi connectivity index (χ1) is 21.8. The fraction of sp³-hybridized carbons (Fsp3) is 0.438. The number of rotatable bonds is 5. The molecule has 4 aliphatic rings. The molecule has 1 spiro atoms. The van der Waals surface area contributed by atoms with E-state index < -0.39 is 11.6 Å². The first kappa shape index (κ1) is 28.5. The molecule has 0 radical (unpaired) electrons. The highest BCUT2D eigenvalue weighted by Gasteiger charge is 2.50. The molecule has 0 saturated carbocycles. The topological polar surface area (TPSA) is 118 Å². The number of fused-ring (bicyclic) bond motifs is 3. The number of hydrogen-bond acceptors (Lipinski definition) is 10. The fourth-order valence-corrected chi connectivity index (χ4v) is 9.28. The molecule has 6 heterocycles. The Labute approximate surface area is 267 Å². The summed E-state index contributed by atoms with van der Waals surface area (Å²) in [7, 11) is 0. The Kier molecular flexibility index (Phi) is 6.51. The van der Waals surface area contributed by atoms with Crippen molar-refractivity contribution in [2.45, 2.75) is 49.6 Å². The average molecular weight is 647 g/mol. The van der Waals surface area contributed by atoms with Gasteiger partial charge in [-0.05, 0) is 69.3 Å². The van der Waals surface area contributed by atoms with E-state index in [0.29, 0.717) is 30.9 Å². The molecule has 13 heteroatoms. The van der Waals surface area contributed by atoms with Gasteiger partial charge in [0, 0.05) is 36.0 Å². The normalized spacial score (nSPS) is 22.2. The highest BCUT2D eigenvalue weighted by Crippen LogP contribution is 2.47. The lowest BCUT2D eigenvalue weighted by atomic mass is 9.84. The minimum atomic E-state index is -0.717. The molecule has 8 rings (SSSR count). The summed E-state index contributed by atoms with van der Waals surface area (Å²) in [5.74, 6) is -0.773. The van der Waals surface area contributed by atoms with Crippen molar-refractivity contribution >= 4 is 54.7 Å². The highest BCUT2D eigenvalue weighted by atomic mass is 35.5. The molecule has 0 bridgehead atoms. The van der Waals surface area contributed by atoms with E-state index in [0.717, 1.165) is 69.5 Å². The SMILES string of the molecule is N#Cc1c(N)sc2c(F)ccc(-c3c(Cl)cc4c(N5CCC6(CCN6C#N)C5)nc(OCC56CCCN5CCC6)nc4c3F)c12. The number of benzene rings is 2. The van der Waals surface area contributed by atoms with Crippen molar-refractivity contribution in [3.05, 3.63) is 40.4 Å². The summed E-state index contributed by atoms with van der Waals surface area (Å²) in [5, 5.41) is 20.4. The number of anilines is 2. The molecule has 1 atom stereocenters. The molecule has 45 heavy (non-hydrogen) atoms. The van der Waals surface area contributed by atoms with Crippen LogP contribution in [0.25, 0.3) is 32.1 Å². The number of nitrogens with two attached hydrogens (primary N) is 1. The van der Waals surface area contributed by atoms with Gasteiger partial charge in [-0.25, -0.2) is 8.78 Å². The number of nitriles is 2. The fourth-order valence-electron chi connectivity index (χ4n) is 8.04. The summed E-state index contributed by atoms with van der Waals surface area (Å²) in [4.78, 5) is 15.8. The van der Waals surface area contributed by atoms with Gasteiger partial charge >= 0.3 is 6.01 Å². The number of likely N-dealkylation sites (tertiary alicyclic amines) is 1. The van der Waals surface area contributed by atoms with Gasteiger partial charge in [-0.1, -0.05) is 17.7 Å². The van der Waals surface area contributed by atoms with Gasteiger partial charge in [-0.3, -0.25) is 4.90 Å². The number of hydrogen-bond donors (Lipinski definition) is 1. The Morgan fingerprint density at radius 3 is 2.56 bits per heavy atom. The van der Waals surface area contributed by atoms with Crippen LogP contribution in [0.5, 0.6) is 6.01 Å². The summed E-state index contributed by atoms with van der Waals surface area (Å²) in [6, 6.07) is 6.40. The Balaban J connectivity index is 1.28. The van der Waals surface area contributed by atoms with Crippen molar-refractivity contribution < 1.29 is 13.5 Å². The van der Waals surface area contributed by atoms with Gasteiger partial charge in [0.25, 0.3) is 0 Å². The zero-order chi connectivity index (χ0) is 31.1. The molecule has 2 aromatic heterocycles. The van der Waals surface area contributed by atoms with Crippen LogP contribution in [0.2, 0.25) is 5.02 Å². The number of thiophene rings is 1. The van der Waals surface area contributed by atoms with Crippen LogP contribution in [0, 0.1) is 34.4 Å². The number of ether oxygens (including phenoxy) is 1. The second-order valence-electron chi connectivity index (χ2n) is 12.6. The summed E-state index contributed by atoms with van der Waals surface area (Å²) in [6.07, 6.45) is 8.27. The molecule has 2 N–H and O–H groups in total. The third-order valence-electron chi connectivity index (χ3n) is 10.4. The third-order valence-corrected chi connectivity index (χ3v) is 11.8. The van der Waals surface area contributed by atoms with Crippen LogP contribution >= 0.6 is 22.9 Å². The van der Waals surface area contributed by atoms with Gasteiger partial charge in [0.15, 0.2) is 12.0 Å². The Morgan fingerprint density at radius 2 is 1.84 bits per heavy atom. The highest BCUT2D eigenvalue weighted by molar-refractivity contribution is 7.23. The summed E-state index contributed by atoms with van der Waals surface area (Å²) >= 11 is 7.79. The van der Waals surface area contributed by atoms with Gasteiger partial charge in [0.2, 0.25) is 0 Å². The lowest BCUT2D eigenvalue weighted by Crippen LogP contribution is -2.58. The van der Waals surface area contributed by atoms with Crippen molar-refractivity contribution in [1.29, 1.82) is 10.5 Å². The molecule has 1 unspecified atom stereocenters. The van der Waals surface area contributed by atoms with E-state index in [9.17, 15) is 14.9 Å². The molecule has 2 aromatic carbocycles. The number of aromatic nitrogens is 2. The molecular weight excluding hydrogens is 618 g/mol. The van der Waals surface area contributed by atoms with Gasteiger partial charge < -0.3 is 20.3 Å². The standard InChI is InChI=1S/C32H29ClF2N8OS/c33-21-13-19-26(25(35)24(21)18-3-4-22(34)27-23(18)20(14-36)28(38)45-27)39-30(44-16-32-5-1-9-42(32)10-2-6-32)40-29(19)41-11-7-31(15-41)8-12-43(31)17-37/h3-4,13H,1-2,5-12,15-16,38H2. The van der Waals surface area contributed by atoms with Crippen molar-refractivity contribution in [2.75, 3.05) is 50.0 Å². The van der Waals surface area contributed by atoms with Crippen molar-refractivity contribution in [3.8, 4) is 29.4 Å². The Hall–Kier alpha value is -3.97. The third kappa shape index (κ3) is 4.16. The van der Waals surface area contributed by atoms with Crippen LogP contribution in [0.1, 0.15) is 44.1 Å². The van der Waals surface area contributed by atoms with Gasteiger partial charge in [-0.15, -0.1) is 11.3 Å². The lowest BCUT2D eigenvalue weighted by molar-refractivity contribution is 0.0633. The van der Waals surface area contributed by atoms with E-state index in [4.69, 9.17) is 27.1 Å². The predicted octanol–water partition coefficient (Wildman–Crippen LogP) is 6.04. The van der Waals surface area contributed by atoms with E-state index in [1.165, 1.54) is 12.1 Å². The maximum absolute atomic E-state index is 16.9. The zero-order valence-corrected chi connectivity index (χ0v) is 25.9. The molecule has 0 aliphatic carbocycles. The van der Waals surface area contributed by atoms with Crippen LogP contribution in [0.4, 0.5) is 19.6 Å². The summed E-state index contributed by atoms with van der Waals surface area (Å²) in [6.45, 7) is 4.39. The molecule has 4 aromatic rings. The van der Waals surface area contributed by atoms with E-state index in [2.05, 4.69) is 21.0 Å². The molecule has 4 fully saturated rings. The zero-order valence-electron chi connectivity index (χ0n) is 24.4. The quantitative estimate of drug-likeness (QED) is 0.259. The predicted molar refractivity (Wildman–Crippen MR) is 169 cm³/mol. The van der Waals surface area contributed by atoms with Crippen LogP contribution < -0.4 is 15.4 Å². The van der Waals surface area contributed by atoms with Crippen molar-refractivity contribution in [1.82, 2.24) is 19.8 Å². The van der Waals surface area contributed by atoms with Gasteiger partial charge in [0.05, 0.1) is 26.4 Å². The number of nitrogens with zero attached hydrogens (tertiary/aromatic N) is 7. The lowest BCUT2D eigenvalue weighted by Gasteiger charge is -2.47. The first-order valence-electron chi connectivity index (χ1n) is 15.2. The van der Waals surface area contributed by atoms with E-state index in [-0.39, 0.29) is 59.4 Å². The first-order valence-corrected chi connectivity index (χ1v) is 16.4. The van der Waals surface area contributed by atoms with Crippen LogP contribution in [-0.4, -0.2) is 70.2 Å². The molecule has 9 nitrogen and oxygen atoms in total. The second kappa shape index (κ2) is 10.3. The summed E-state index contributed by atoms with van der Waals surface area (Å²) < 4.78 is 38.3. The average Bonchev–Trinajstić information content (AvgIpc) is 3.79. The molecule has 0 amide bonds. The minimum absolute atomic E-state index is 0.00274. The Morgan fingerprint density at radius 1 is 1.07 bits per heavy atom. The van der Waals surface area contributed by atoms with E-state index in [1.807, 2.05) is 11.0 Å². The van der Waals surface area contributed by atoms with E-state index in [1.54, 1.807) is 6.07 Å². The molecule has 230 valence electrons.